The van der Waals surface area contributed by atoms with Crippen LogP contribution in [0.1, 0.15) is 58.1 Å². The highest BCUT2D eigenvalue weighted by Crippen LogP contribution is 2.35. The molecule has 3 heterocycles. The number of hydrogen-bond acceptors (Lipinski definition) is 8. The fourth-order valence-corrected chi connectivity index (χ4v) is 6.77. The maximum absolute atomic E-state index is 13.9. The molecule has 5 rings (SSSR count). The summed E-state index contributed by atoms with van der Waals surface area (Å²) >= 11 is 2.66. The number of aromatic nitrogens is 3. The Kier molecular flexibility index (Phi) is 7.45. The van der Waals surface area contributed by atoms with Gasteiger partial charge < -0.3 is 10.1 Å². The molecule has 0 saturated heterocycles. The number of rotatable bonds is 7. The number of carbonyl (C=O) groups is 2. The molecule has 0 saturated carbocycles. The van der Waals surface area contributed by atoms with E-state index in [0.29, 0.717) is 28.4 Å². The van der Waals surface area contributed by atoms with Crippen LogP contribution in [0.25, 0.3) is 21.6 Å². The van der Waals surface area contributed by atoms with Gasteiger partial charge in [-0.1, -0.05) is 48.9 Å². The van der Waals surface area contributed by atoms with E-state index in [9.17, 15) is 14.4 Å². The van der Waals surface area contributed by atoms with E-state index in [0.717, 1.165) is 58.5 Å². The van der Waals surface area contributed by atoms with Crippen LogP contribution in [0.15, 0.2) is 29.1 Å². The van der Waals surface area contributed by atoms with Crippen molar-refractivity contribution in [3.05, 3.63) is 61.2 Å². The maximum Gasteiger partial charge on any atom is 0.350 e. The molecule has 1 aromatic carbocycles. The molecule has 0 radical (unpaired) electrons. The molecule has 0 fully saturated rings. The monoisotopic (exact) mass is 550 g/mol. The average molecular weight is 551 g/mol. The number of nitrogens with one attached hydrogen (secondary N) is 1. The number of amides is 1. The molecular weight excluding hydrogens is 520 g/mol. The molecule has 8 nitrogen and oxygen atoms in total. The second-order valence-electron chi connectivity index (χ2n) is 10.1. The lowest BCUT2D eigenvalue weighted by Gasteiger charge is -2.14. The number of thiophene rings is 1. The van der Waals surface area contributed by atoms with Gasteiger partial charge in [-0.05, 0) is 57.1 Å². The Balaban J connectivity index is 1.48. The number of ether oxygens (including phenoxy) is 1. The van der Waals surface area contributed by atoms with Gasteiger partial charge in [0.15, 0.2) is 5.13 Å². The molecule has 1 aliphatic rings. The van der Waals surface area contributed by atoms with Crippen molar-refractivity contribution in [2.75, 3.05) is 11.9 Å². The highest BCUT2D eigenvalue weighted by molar-refractivity contribution is 7.19. The van der Waals surface area contributed by atoms with Gasteiger partial charge in [-0.3, -0.25) is 14.2 Å². The van der Waals surface area contributed by atoms with E-state index in [-0.39, 0.29) is 23.2 Å². The van der Waals surface area contributed by atoms with E-state index in [1.165, 1.54) is 9.44 Å². The van der Waals surface area contributed by atoms with Crippen LogP contribution < -0.4 is 10.9 Å². The van der Waals surface area contributed by atoms with Crippen molar-refractivity contribution < 1.29 is 14.3 Å². The van der Waals surface area contributed by atoms with Gasteiger partial charge in [-0.2, -0.15) is 0 Å². The highest BCUT2D eigenvalue weighted by Gasteiger charge is 2.24. The molecule has 3 aromatic heterocycles. The standard InChI is InChI=1S/C28H30N4O4S2/c1-15(2)14-36-27(35)23-17(4)29-28(38-23)30-21(33)13-32-24(18-9-7-8-16(3)12-18)31-25-22(26(32)34)19-10-5-6-11-20(19)37-25/h7-9,12,15H,5-6,10-11,13-14H2,1-4H3,(H,29,30,33). The first-order chi connectivity index (χ1) is 18.2. The molecule has 0 atom stereocenters. The van der Waals surface area contributed by atoms with Gasteiger partial charge in [0, 0.05) is 10.4 Å². The average Bonchev–Trinajstić information content (AvgIpc) is 3.43. The fourth-order valence-electron chi connectivity index (χ4n) is 4.64. The zero-order chi connectivity index (χ0) is 27.0. The first-order valence-electron chi connectivity index (χ1n) is 12.8. The molecule has 4 aromatic rings. The van der Waals surface area contributed by atoms with E-state index in [1.54, 1.807) is 18.3 Å². The second kappa shape index (κ2) is 10.8. The van der Waals surface area contributed by atoms with Crippen molar-refractivity contribution in [3.63, 3.8) is 0 Å². The van der Waals surface area contributed by atoms with Crippen LogP contribution in [0.4, 0.5) is 5.13 Å². The number of fused-ring (bicyclic) bond motifs is 3. The quantitative estimate of drug-likeness (QED) is 0.304. The number of benzene rings is 1. The van der Waals surface area contributed by atoms with Gasteiger partial charge in [-0.15, -0.1) is 11.3 Å². The number of carbonyl (C=O) groups excluding carboxylic acids is 2. The summed E-state index contributed by atoms with van der Waals surface area (Å²) in [5.74, 6) is -0.189. The summed E-state index contributed by atoms with van der Waals surface area (Å²) in [5.41, 5.74) is 3.19. The van der Waals surface area contributed by atoms with Crippen LogP contribution >= 0.6 is 22.7 Å². The molecule has 0 unspecified atom stereocenters. The van der Waals surface area contributed by atoms with Gasteiger partial charge in [0.25, 0.3) is 5.56 Å². The molecule has 1 N–H and O–H groups in total. The smallest absolute Gasteiger partial charge is 0.350 e. The largest absolute Gasteiger partial charge is 0.461 e. The van der Waals surface area contributed by atoms with E-state index >= 15 is 0 Å². The Morgan fingerprint density at radius 3 is 2.68 bits per heavy atom. The zero-order valence-corrected chi connectivity index (χ0v) is 23.6. The van der Waals surface area contributed by atoms with Crippen molar-refractivity contribution >= 4 is 49.9 Å². The molecule has 0 bridgehead atoms. The Morgan fingerprint density at radius 1 is 1.13 bits per heavy atom. The van der Waals surface area contributed by atoms with Crippen LogP contribution in [0.5, 0.6) is 0 Å². The Bertz CT molecular complexity index is 1600. The van der Waals surface area contributed by atoms with E-state index in [2.05, 4.69) is 10.3 Å². The summed E-state index contributed by atoms with van der Waals surface area (Å²) in [7, 11) is 0. The first kappa shape index (κ1) is 26.2. The SMILES string of the molecule is Cc1cccc(-c2nc3sc4c(c3c(=O)n2CC(=O)Nc2nc(C)c(C(=O)OCC(C)C)s2)CCCC4)c1. The molecule has 38 heavy (non-hydrogen) atoms. The molecule has 10 heteroatoms. The topological polar surface area (TPSA) is 103 Å². The number of thiazole rings is 1. The van der Waals surface area contributed by atoms with Crippen molar-refractivity contribution in [2.45, 2.75) is 59.9 Å². The van der Waals surface area contributed by atoms with Crippen molar-refractivity contribution in [1.82, 2.24) is 14.5 Å². The van der Waals surface area contributed by atoms with Crippen LogP contribution in [0.2, 0.25) is 0 Å². The van der Waals surface area contributed by atoms with Gasteiger partial charge in [-0.25, -0.2) is 14.8 Å². The van der Waals surface area contributed by atoms with Crippen LogP contribution in [0, 0.1) is 19.8 Å². The third-order valence-electron chi connectivity index (χ3n) is 6.43. The maximum atomic E-state index is 13.9. The summed E-state index contributed by atoms with van der Waals surface area (Å²) in [4.78, 5) is 51.1. The number of nitrogens with zero attached hydrogens (tertiary/aromatic N) is 3. The molecule has 1 amide bonds. The van der Waals surface area contributed by atoms with Gasteiger partial charge in [0.05, 0.1) is 17.7 Å². The number of hydrogen-bond donors (Lipinski definition) is 1. The lowest BCUT2D eigenvalue weighted by Crippen LogP contribution is -2.30. The predicted octanol–water partition coefficient (Wildman–Crippen LogP) is 5.53. The van der Waals surface area contributed by atoms with Crippen LogP contribution in [-0.4, -0.2) is 33.0 Å². The molecule has 198 valence electrons. The Hall–Kier alpha value is -3.37. The zero-order valence-electron chi connectivity index (χ0n) is 21.9. The fraction of sp³-hybridized carbons (Fsp3) is 0.393. The third kappa shape index (κ3) is 5.28. The normalized spacial score (nSPS) is 13.1. The second-order valence-corrected chi connectivity index (χ2v) is 12.1. The summed E-state index contributed by atoms with van der Waals surface area (Å²) in [6.45, 7) is 7.70. The molecule has 0 spiro atoms. The van der Waals surface area contributed by atoms with Crippen molar-refractivity contribution in [1.29, 1.82) is 0 Å². The van der Waals surface area contributed by atoms with Crippen LogP contribution in [-0.2, 0) is 28.9 Å². The van der Waals surface area contributed by atoms with Gasteiger partial charge in [0.1, 0.15) is 22.1 Å². The van der Waals surface area contributed by atoms with E-state index in [4.69, 9.17) is 9.72 Å². The summed E-state index contributed by atoms with van der Waals surface area (Å²) in [6.07, 6.45) is 3.98. The van der Waals surface area contributed by atoms with Crippen LogP contribution in [0.3, 0.4) is 0 Å². The minimum atomic E-state index is -0.455. The molecule has 0 aliphatic heterocycles. The first-order valence-corrected chi connectivity index (χ1v) is 14.4. The lowest BCUT2D eigenvalue weighted by atomic mass is 9.97. The number of anilines is 1. The molecular formula is C28H30N4O4S2. The van der Waals surface area contributed by atoms with Gasteiger partial charge >= 0.3 is 5.97 Å². The minimum Gasteiger partial charge on any atom is -0.461 e. The third-order valence-corrected chi connectivity index (χ3v) is 8.67. The summed E-state index contributed by atoms with van der Waals surface area (Å²) < 4.78 is 6.78. The number of esters is 1. The Morgan fingerprint density at radius 2 is 1.92 bits per heavy atom. The van der Waals surface area contributed by atoms with Crippen molar-refractivity contribution in [3.8, 4) is 11.4 Å². The highest BCUT2D eigenvalue weighted by atomic mass is 32.1. The van der Waals surface area contributed by atoms with E-state index < -0.39 is 11.9 Å². The number of aryl methyl sites for hydroxylation is 4. The summed E-state index contributed by atoms with van der Waals surface area (Å²) in [5, 5.41) is 3.69. The Labute approximate surface area is 228 Å². The minimum absolute atomic E-state index is 0.200. The van der Waals surface area contributed by atoms with Crippen molar-refractivity contribution in [2.24, 2.45) is 5.92 Å². The van der Waals surface area contributed by atoms with E-state index in [1.807, 2.05) is 45.0 Å². The van der Waals surface area contributed by atoms with Gasteiger partial charge in [0.2, 0.25) is 5.91 Å². The molecule has 1 aliphatic carbocycles. The predicted molar refractivity (Wildman–Crippen MR) is 151 cm³/mol. The lowest BCUT2D eigenvalue weighted by molar-refractivity contribution is -0.116. The summed E-state index contributed by atoms with van der Waals surface area (Å²) in [6, 6.07) is 7.77.